The lowest BCUT2D eigenvalue weighted by atomic mass is 9.85. The van der Waals surface area contributed by atoms with Gasteiger partial charge in [0.25, 0.3) is 0 Å². The number of aryl methyl sites for hydroxylation is 1. The molecule has 1 atom stereocenters. The van der Waals surface area contributed by atoms with Gasteiger partial charge in [0, 0.05) is 30.4 Å². The molecule has 3 heterocycles. The highest BCUT2D eigenvalue weighted by atomic mass is 32.2. The monoisotopic (exact) mass is 500 g/mol. The number of carbonyl (C=O) groups excluding carboxylic acids is 1. The van der Waals surface area contributed by atoms with Crippen LogP contribution in [-0.2, 0) is 21.4 Å². The van der Waals surface area contributed by atoms with E-state index in [0.717, 1.165) is 18.4 Å². The Morgan fingerprint density at radius 3 is 2.74 bits per heavy atom. The van der Waals surface area contributed by atoms with E-state index in [4.69, 9.17) is 4.52 Å². The number of amides is 1. The summed E-state index contributed by atoms with van der Waals surface area (Å²) in [5.74, 6) is 0.920. The molecule has 1 aliphatic carbocycles. The normalized spacial score (nSPS) is 19.6. The standard InChI is InChI=1S/C24H28N4O4S2/c1-16-21(13-20(33-16)22-26-24(32-27-22)18-9-5-10-18)34(30,31)28-12-6-11-19(15-28)23(29)25-14-17-7-3-2-4-8-17/h2-4,7-8,13,18-19H,5-6,9-12,14-15H2,1H3,(H,25,29)/t19-/m1/s1. The topological polar surface area (TPSA) is 105 Å². The molecule has 3 aromatic rings. The first kappa shape index (κ1) is 23.2. The van der Waals surface area contributed by atoms with Crippen molar-refractivity contribution in [2.24, 2.45) is 5.92 Å². The van der Waals surface area contributed by atoms with Crippen molar-refractivity contribution in [1.82, 2.24) is 19.8 Å². The number of piperidine rings is 1. The fourth-order valence-electron chi connectivity index (χ4n) is 4.43. The number of hydrogen-bond donors (Lipinski definition) is 1. The van der Waals surface area contributed by atoms with Gasteiger partial charge < -0.3 is 9.84 Å². The third-order valence-electron chi connectivity index (χ3n) is 6.67. The van der Waals surface area contributed by atoms with E-state index in [1.165, 1.54) is 22.1 Å². The molecule has 0 radical (unpaired) electrons. The number of nitrogens with zero attached hydrogens (tertiary/aromatic N) is 3. The number of benzene rings is 1. The Balaban J connectivity index is 1.28. The van der Waals surface area contributed by atoms with Crippen LogP contribution in [0, 0.1) is 12.8 Å². The van der Waals surface area contributed by atoms with Gasteiger partial charge in [-0.25, -0.2) is 8.42 Å². The summed E-state index contributed by atoms with van der Waals surface area (Å²) in [6, 6.07) is 11.3. The first-order valence-electron chi connectivity index (χ1n) is 11.7. The molecular formula is C24H28N4O4S2. The summed E-state index contributed by atoms with van der Waals surface area (Å²) in [6.07, 6.45) is 4.60. The van der Waals surface area contributed by atoms with Gasteiger partial charge in [0.1, 0.15) is 0 Å². The summed E-state index contributed by atoms with van der Waals surface area (Å²) in [5, 5.41) is 7.04. The van der Waals surface area contributed by atoms with Crippen LogP contribution in [0.3, 0.4) is 0 Å². The molecule has 1 saturated carbocycles. The summed E-state index contributed by atoms with van der Waals surface area (Å²) in [6.45, 7) is 2.82. The van der Waals surface area contributed by atoms with E-state index in [0.29, 0.717) is 53.3 Å². The van der Waals surface area contributed by atoms with Crippen molar-refractivity contribution < 1.29 is 17.7 Å². The highest BCUT2D eigenvalue weighted by Gasteiger charge is 2.35. The van der Waals surface area contributed by atoms with Crippen molar-refractivity contribution >= 4 is 27.3 Å². The van der Waals surface area contributed by atoms with Crippen LogP contribution in [-0.4, -0.2) is 41.9 Å². The molecule has 1 amide bonds. The zero-order valence-corrected chi connectivity index (χ0v) is 20.7. The van der Waals surface area contributed by atoms with E-state index in [1.54, 1.807) is 13.0 Å². The number of thiophene rings is 1. The van der Waals surface area contributed by atoms with E-state index in [2.05, 4.69) is 15.5 Å². The van der Waals surface area contributed by atoms with Crippen LogP contribution < -0.4 is 5.32 Å². The van der Waals surface area contributed by atoms with Crippen LogP contribution >= 0.6 is 11.3 Å². The van der Waals surface area contributed by atoms with Crippen LogP contribution in [0.4, 0.5) is 0 Å². The maximum absolute atomic E-state index is 13.5. The first-order chi connectivity index (χ1) is 16.4. The van der Waals surface area contributed by atoms with Gasteiger partial charge in [-0.2, -0.15) is 9.29 Å². The molecule has 1 saturated heterocycles. The molecule has 8 nitrogen and oxygen atoms in total. The number of rotatable bonds is 7. The van der Waals surface area contributed by atoms with Gasteiger partial charge in [-0.3, -0.25) is 4.79 Å². The zero-order valence-electron chi connectivity index (χ0n) is 19.1. The van der Waals surface area contributed by atoms with E-state index in [9.17, 15) is 13.2 Å². The highest BCUT2D eigenvalue weighted by molar-refractivity contribution is 7.89. The van der Waals surface area contributed by atoms with Crippen LogP contribution in [0.25, 0.3) is 10.7 Å². The molecular weight excluding hydrogens is 472 g/mol. The Morgan fingerprint density at radius 2 is 2.00 bits per heavy atom. The average Bonchev–Trinajstić information content (AvgIpc) is 3.44. The Kier molecular flexibility index (Phi) is 6.54. The molecule has 10 heteroatoms. The van der Waals surface area contributed by atoms with Gasteiger partial charge in [-0.1, -0.05) is 41.9 Å². The zero-order chi connectivity index (χ0) is 23.7. The largest absolute Gasteiger partial charge is 0.352 e. The molecule has 1 N–H and O–H groups in total. The second kappa shape index (κ2) is 9.59. The number of aromatic nitrogens is 2. The lowest BCUT2D eigenvalue weighted by Crippen LogP contribution is -2.45. The summed E-state index contributed by atoms with van der Waals surface area (Å²) in [4.78, 5) is 18.9. The minimum atomic E-state index is -3.74. The molecule has 0 unspecified atom stereocenters. The van der Waals surface area contributed by atoms with Gasteiger partial charge in [0.2, 0.25) is 27.6 Å². The number of carbonyl (C=O) groups is 1. The number of sulfonamides is 1. The van der Waals surface area contributed by atoms with Crippen LogP contribution in [0.5, 0.6) is 0 Å². The van der Waals surface area contributed by atoms with Crippen molar-refractivity contribution in [2.75, 3.05) is 13.1 Å². The molecule has 1 aromatic carbocycles. The maximum Gasteiger partial charge on any atom is 0.244 e. The smallest absolute Gasteiger partial charge is 0.244 e. The van der Waals surface area contributed by atoms with Gasteiger partial charge in [0.05, 0.1) is 15.7 Å². The minimum absolute atomic E-state index is 0.109. The molecule has 180 valence electrons. The fraction of sp³-hybridized carbons (Fsp3) is 0.458. The third kappa shape index (κ3) is 4.67. The lowest BCUT2D eigenvalue weighted by Gasteiger charge is -2.31. The lowest BCUT2D eigenvalue weighted by molar-refractivity contribution is -0.126. The summed E-state index contributed by atoms with van der Waals surface area (Å²) in [7, 11) is -3.74. The molecule has 1 aliphatic heterocycles. The Morgan fingerprint density at radius 1 is 1.21 bits per heavy atom. The van der Waals surface area contributed by atoms with Gasteiger partial charge in [-0.15, -0.1) is 11.3 Å². The fourth-order valence-corrected chi connectivity index (χ4v) is 7.44. The summed E-state index contributed by atoms with van der Waals surface area (Å²) in [5.41, 5.74) is 1.01. The Hall–Kier alpha value is -2.56. The SMILES string of the molecule is Cc1sc(-c2noc(C3CCC3)n2)cc1S(=O)(=O)N1CCC[C@@H](C(=O)NCc2ccccc2)C1. The van der Waals surface area contributed by atoms with E-state index in [-0.39, 0.29) is 23.3 Å². The molecule has 34 heavy (non-hydrogen) atoms. The first-order valence-corrected chi connectivity index (χ1v) is 13.9. The molecule has 5 rings (SSSR count). The van der Waals surface area contributed by atoms with Gasteiger partial charge >= 0.3 is 0 Å². The molecule has 2 aliphatic rings. The molecule has 2 aromatic heterocycles. The third-order valence-corrected chi connectivity index (χ3v) is 9.84. The molecule has 0 spiro atoms. The molecule has 0 bridgehead atoms. The minimum Gasteiger partial charge on any atom is -0.352 e. The predicted molar refractivity (Wildman–Crippen MR) is 129 cm³/mol. The Labute approximate surface area is 203 Å². The van der Waals surface area contributed by atoms with Gasteiger partial charge in [0.15, 0.2) is 0 Å². The van der Waals surface area contributed by atoms with Crippen molar-refractivity contribution in [3.63, 3.8) is 0 Å². The van der Waals surface area contributed by atoms with Crippen molar-refractivity contribution in [3.8, 4) is 10.7 Å². The Bertz CT molecular complexity index is 1270. The van der Waals surface area contributed by atoms with Gasteiger partial charge in [-0.05, 0) is 44.2 Å². The molecule has 2 fully saturated rings. The predicted octanol–water partition coefficient (Wildman–Crippen LogP) is 4.09. The van der Waals surface area contributed by atoms with E-state index >= 15 is 0 Å². The average molecular weight is 501 g/mol. The quantitative estimate of drug-likeness (QED) is 0.524. The van der Waals surface area contributed by atoms with E-state index < -0.39 is 10.0 Å². The maximum atomic E-state index is 13.5. The number of nitrogens with one attached hydrogen (secondary N) is 1. The summed E-state index contributed by atoms with van der Waals surface area (Å²) >= 11 is 1.35. The van der Waals surface area contributed by atoms with Crippen molar-refractivity contribution in [1.29, 1.82) is 0 Å². The number of hydrogen-bond acceptors (Lipinski definition) is 7. The highest BCUT2D eigenvalue weighted by Crippen LogP contribution is 2.38. The van der Waals surface area contributed by atoms with Crippen LogP contribution in [0.15, 0.2) is 45.8 Å². The second-order valence-electron chi connectivity index (χ2n) is 9.02. The van der Waals surface area contributed by atoms with E-state index in [1.807, 2.05) is 30.3 Å². The van der Waals surface area contributed by atoms with Crippen molar-refractivity contribution in [2.45, 2.75) is 56.4 Å². The van der Waals surface area contributed by atoms with Crippen LogP contribution in [0.1, 0.15) is 54.4 Å². The van der Waals surface area contributed by atoms with Crippen LogP contribution in [0.2, 0.25) is 0 Å². The summed E-state index contributed by atoms with van der Waals surface area (Å²) < 4.78 is 33.9. The second-order valence-corrected chi connectivity index (χ2v) is 12.2. The van der Waals surface area contributed by atoms with Crippen molar-refractivity contribution in [3.05, 3.63) is 52.7 Å².